The van der Waals surface area contributed by atoms with E-state index in [1.807, 2.05) is 37.3 Å². The maximum absolute atomic E-state index is 12.8. The first kappa shape index (κ1) is 13.5. The van der Waals surface area contributed by atoms with Crippen LogP contribution in [0.3, 0.4) is 0 Å². The Morgan fingerprint density at radius 3 is 2.70 bits per heavy atom. The SMILES string of the molecule is Cc1nc2nc(-c3ccco3)[nH]n2c(=O)c1Cc1ccccc1. The predicted molar refractivity (Wildman–Crippen MR) is 85.3 cm³/mol. The summed E-state index contributed by atoms with van der Waals surface area (Å²) in [5.74, 6) is 1.39. The minimum atomic E-state index is -0.137. The monoisotopic (exact) mass is 306 g/mol. The molecule has 3 aromatic heterocycles. The van der Waals surface area contributed by atoms with Crippen molar-refractivity contribution in [3.8, 4) is 11.6 Å². The van der Waals surface area contributed by atoms with Gasteiger partial charge in [-0.05, 0) is 24.6 Å². The van der Waals surface area contributed by atoms with Gasteiger partial charge in [0.15, 0.2) is 11.6 Å². The number of fused-ring (bicyclic) bond motifs is 1. The maximum Gasteiger partial charge on any atom is 0.277 e. The van der Waals surface area contributed by atoms with Crippen LogP contribution in [-0.2, 0) is 6.42 Å². The van der Waals surface area contributed by atoms with Crippen LogP contribution in [0.1, 0.15) is 16.8 Å². The highest BCUT2D eigenvalue weighted by molar-refractivity contribution is 5.50. The molecule has 0 atom stereocenters. The third-order valence-electron chi connectivity index (χ3n) is 3.77. The molecule has 1 N–H and O–H groups in total. The lowest BCUT2D eigenvalue weighted by Gasteiger charge is -2.04. The third-order valence-corrected chi connectivity index (χ3v) is 3.77. The van der Waals surface area contributed by atoms with Crippen molar-refractivity contribution in [2.45, 2.75) is 13.3 Å². The molecule has 3 heterocycles. The van der Waals surface area contributed by atoms with E-state index in [4.69, 9.17) is 4.42 Å². The number of H-pyrrole nitrogens is 1. The number of nitrogens with zero attached hydrogens (tertiary/aromatic N) is 3. The lowest BCUT2D eigenvalue weighted by Crippen LogP contribution is -2.22. The number of nitrogens with one attached hydrogen (secondary N) is 1. The zero-order valence-corrected chi connectivity index (χ0v) is 12.5. The van der Waals surface area contributed by atoms with Crippen molar-refractivity contribution in [3.05, 3.63) is 75.9 Å². The van der Waals surface area contributed by atoms with E-state index in [0.717, 1.165) is 5.56 Å². The Labute approximate surface area is 131 Å². The van der Waals surface area contributed by atoms with Crippen molar-refractivity contribution >= 4 is 5.78 Å². The van der Waals surface area contributed by atoms with E-state index in [-0.39, 0.29) is 5.56 Å². The molecule has 0 saturated carbocycles. The summed E-state index contributed by atoms with van der Waals surface area (Å²) in [6.45, 7) is 1.83. The molecule has 6 heteroatoms. The van der Waals surface area contributed by atoms with E-state index < -0.39 is 0 Å². The lowest BCUT2D eigenvalue weighted by molar-refractivity contribution is 0.577. The van der Waals surface area contributed by atoms with E-state index in [1.165, 1.54) is 4.52 Å². The molecule has 0 bridgehead atoms. The molecule has 114 valence electrons. The van der Waals surface area contributed by atoms with Crippen molar-refractivity contribution < 1.29 is 4.42 Å². The molecule has 0 unspecified atom stereocenters. The van der Waals surface area contributed by atoms with Crippen molar-refractivity contribution in [1.29, 1.82) is 0 Å². The summed E-state index contributed by atoms with van der Waals surface area (Å²) in [5.41, 5.74) is 2.28. The van der Waals surface area contributed by atoms with Crippen LogP contribution in [0.25, 0.3) is 17.4 Å². The van der Waals surface area contributed by atoms with E-state index >= 15 is 0 Å². The Morgan fingerprint density at radius 2 is 1.96 bits per heavy atom. The van der Waals surface area contributed by atoms with Gasteiger partial charge in [0, 0.05) is 12.0 Å². The molecule has 0 aliphatic carbocycles. The first-order chi connectivity index (χ1) is 11.2. The summed E-state index contributed by atoms with van der Waals surface area (Å²) in [6.07, 6.45) is 2.10. The Hall–Kier alpha value is -3.15. The van der Waals surface area contributed by atoms with Gasteiger partial charge < -0.3 is 4.42 Å². The molecule has 4 rings (SSSR count). The molecule has 0 amide bonds. The number of furan rings is 1. The number of benzene rings is 1. The smallest absolute Gasteiger partial charge is 0.277 e. The van der Waals surface area contributed by atoms with Crippen LogP contribution in [0.4, 0.5) is 0 Å². The molecule has 0 saturated heterocycles. The van der Waals surface area contributed by atoms with Gasteiger partial charge in [-0.1, -0.05) is 30.3 Å². The number of rotatable bonds is 3. The summed E-state index contributed by atoms with van der Waals surface area (Å²) in [6, 6.07) is 13.4. The van der Waals surface area contributed by atoms with Crippen molar-refractivity contribution in [1.82, 2.24) is 19.6 Å². The molecule has 0 aliphatic rings. The molecule has 23 heavy (non-hydrogen) atoms. The van der Waals surface area contributed by atoms with Gasteiger partial charge in [-0.15, -0.1) is 0 Å². The quantitative estimate of drug-likeness (QED) is 0.631. The molecule has 0 radical (unpaired) electrons. The average molecular weight is 306 g/mol. The van der Waals surface area contributed by atoms with Crippen LogP contribution < -0.4 is 5.56 Å². The van der Waals surface area contributed by atoms with Crippen LogP contribution in [0.15, 0.2) is 57.9 Å². The fraction of sp³-hybridized carbons (Fsp3) is 0.118. The van der Waals surface area contributed by atoms with E-state index in [2.05, 4.69) is 15.1 Å². The second-order valence-corrected chi connectivity index (χ2v) is 5.33. The van der Waals surface area contributed by atoms with Crippen molar-refractivity contribution in [2.24, 2.45) is 0 Å². The summed E-state index contributed by atoms with van der Waals surface area (Å²) in [7, 11) is 0. The average Bonchev–Trinajstić information content (AvgIpc) is 3.21. The van der Waals surface area contributed by atoms with Gasteiger partial charge in [-0.3, -0.25) is 9.89 Å². The van der Waals surface area contributed by atoms with E-state index in [1.54, 1.807) is 18.4 Å². The third kappa shape index (κ3) is 2.34. The number of hydrogen-bond acceptors (Lipinski definition) is 4. The highest BCUT2D eigenvalue weighted by Crippen LogP contribution is 2.16. The van der Waals surface area contributed by atoms with Crippen LogP contribution in [0.5, 0.6) is 0 Å². The van der Waals surface area contributed by atoms with Gasteiger partial charge in [-0.25, -0.2) is 4.98 Å². The molecule has 0 fully saturated rings. The van der Waals surface area contributed by atoms with Gasteiger partial charge in [0.2, 0.25) is 0 Å². The molecule has 6 nitrogen and oxygen atoms in total. The second-order valence-electron chi connectivity index (χ2n) is 5.33. The highest BCUT2D eigenvalue weighted by Gasteiger charge is 2.15. The maximum atomic E-state index is 12.8. The Kier molecular flexibility index (Phi) is 3.08. The van der Waals surface area contributed by atoms with E-state index in [0.29, 0.717) is 35.0 Å². The Balaban J connectivity index is 1.85. The van der Waals surface area contributed by atoms with Crippen LogP contribution >= 0.6 is 0 Å². The largest absolute Gasteiger partial charge is 0.461 e. The second kappa shape index (κ2) is 5.24. The number of aromatic amines is 1. The number of hydrogen-bond donors (Lipinski definition) is 1. The van der Waals surface area contributed by atoms with Crippen LogP contribution in [0, 0.1) is 6.92 Å². The molecular weight excluding hydrogens is 292 g/mol. The Morgan fingerprint density at radius 1 is 1.13 bits per heavy atom. The van der Waals surface area contributed by atoms with Gasteiger partial charge in [0.1, 0.15) is 0 Å². The zero-order valence-electron chi connectivity index (χ0n) is 12.5. The highest BCUT2D eigenvalue weighted by atomic mass is 16.3. The first-order valence-electron chi connectivity index (χ1n) is 7.28. The van der Waals surface area contributed by atoms with Gasteiger partial charge in [0.05, 0.1) is 12.0 Å². The summed E-state index contributed by atoms with van der Waals surface area (Å²) in [5, 5.41) is 2.96. The summed E-state index contributed by atoms with van der Waals surface area (Å²) >= 11 is 0. The minimum absolute atomic E-state index is 0.137. The minimum Gasteiger partial charge on any atom is -0.461 e. The number of aromatic nitrogens is 4. The topological polar surface area (TPSA) is 76.2 Å². The molecule has 4 aromatic rings. The van der Waals surface area contributed by atoms with Crippen molar-refractivity contribution in [2.75, 3.05) is 0 Å². The van der Waals surface area contributed by atoms with Gasteiger partial charge in [0.25, 0.3) is 11.3 Å². The standard InChI is InChI=1S/C17H14N4O2/c1-11-13(10-12-6-3-2-4-7-12)16(22)21-17(18-11)19-15(20-21)14-8-5-9-23-14/h2-9H,10H2,1H3,(H,18,19,20). The number of aryl methyl sites for hydroxylation is 1. The van der Waals surface area contributed by atoms with Gasteiger partial charge >= 0.3 is 0 Å². The molecule has 0 aliphatic heterocycles. The van der Waals surface area contributed by atoms with E-state index in [9.17, 15) is 4.79 Å². The molecular formula is C17H14N4O2. The van der Waals surface area contributed by atoms with Crippen molar-refractivity contribution in [3.63, 3.8) is 0 Å². The van der Waals surface area contributed by atoms with Gasteiger partial charge in [-0.2, -0.15) is 9.50 Å². The fourth-order valence-electron chi connectivity index (χ4n) is 2.58. The summed E-state index contributed by atoms with van der Waals surface area (Å²) < 4.78 is 6.67. The fourth-order valence-corrected chi connectivity index (χ4v) is 2.58. The molecule has 1 aromatic carbocycles. The summed E-state index contributed by atoms with van der Waals surface area (Å²) in [4.78, 5) is 21.5. The normalized spacial score (nSPS) is 11.2. The Bertz CT molecular complexity index is 1010. The van der Waals surface area contributed by atoms with Crippen LogP contribution in [0.2, 0.25) is 0 Å². The van der Waals surface area contributed by atoms with Crippen LogP contribution in [-0.4, -0.2) is 19.6 Å². The first-order valence-corrected chi connectivity index (χ1v) is 7.28. The molecule has 0 spiro atoms. The zero-order chi connectivity index (χ0) is 15.8. The lowest BCUT2D eigenvalue weighted by atomic mass is 10.1. The predicted octanol–water partition coefficient (Wildman–Crippen LogP) is 2.58.